The topological polar surface area (TPSA) is 107 Å². The highest BCUT2D eigenvalue weighted by atomic mass is 19.3. The molecule has 8 nitrogen and oxygen atoms in total. The second-order valence-electron chi connectivity index (χ2n) is 5.56. The Balaban J connectivity index is 2.12. The van der Waals surface area contributed by atoms with Gasteiger partial charge < -0.3 is 29.5 Å². The number of hydrogen-bond donors (Lipinski definition) is 3. The number of aliphatic hydroxyl groups excluding tert-OH is 3. The molecule has 0 aromatic carbocycles. The maximum absolute atomic E-state index is 13.1. The van der Waals surface area contributed by atoms with Crippen molar-refractivity contribution in [2.75, 3.05) is 39.6 Å². The Morgan fingerprint density at radius 3 is 2.04 bits per heavy atom. The molecular weight excluding hydrogens is 398 g/mol. The summed E-state index contributed by atoms with van der Waals surface area (Å²) in [6.07, 6.45) is -16.3. The SMILES string of the molecule is OCC(F)(F)OC(F)(F)OC(F)(F)COCCOCC(O)COC1CC1O. The summed E-state index contributed by atoms with van der Waals surface area (Å²) >= 11 is 0. The zero-order valence-corrected chi connectivity index (χ0v) is 13.8. The third kappa shape index (κ3) is 11.0. The van der Waals surface area contributed by atoms with E-state index in [4.69, 9.17) is 19.7 Å². The van der Waals surface area contributed by atoms with E-state index in [-0.39, 0.29) is 25.9 Å². The molecular formula is C13H20F6O8. The molecule has 3 N–H and O–H groups in total. The summed E-state index contributed by atoms with van der Waals surface area (Å²) in [6.45, 7) is -5.03. The Morgan fingerprint density at radius 1 is 0.926 bits per heavy atom. The molecule has 1 rings (SSSR count). The van der Waals surface area contributed by atoms with E-state index in [1.807, 2.05) is 0 Å². The van der Waals surface area contributed by atoms with Gasteiger partial charge in [-0.3, -0.25) is 0 Å². The molecule has 1 aliphatic rings. The second-order valence-corrected chi connectivity index (χ2v) is 5.56. The fourth-order valence-electron chi connectivity index (χ4n) is 1.58. The van der Waals surface area contributed by atoms with E-state index in [0.29, 0.717) is 6.42 Å². The van der Waals surface area contributed by atoms with Gasteiger partial charge >= 0.3 is 18.5 Å². The first-order valence-corrected chi connectivity index (χ1v) is 7.64. The van der Waals surface area contributed by atoms with Gasteiger partial charge in [0.2, 0.25) is 0 Å². The van der Waals surface area contributed by atoms with Gasteiger partial charge in [0.25, 0.3) is 0 Å². The van der Waals surface area contributed by atoms with Crippen molar-refractivity contribution >= 4 is 0 Å². The maximum Gasteiger partial charge on any atom is 0.495 e. The predicted molar refractivity (Wildman–Crippen MR) is 72.1 cm³/mol. The van der Waals surface area contributed by atoms with Gasteiger partial charge in [0.05, 0.1) is 38.6 Å². The standard InChI is InChI=1S/C13H20F6O8/c14-11(15,6-20)26-13(18,19)27-12(16,17)7-24-2-1-23-4-8(21)5-25-10-3-9(10)22/h8-10,20-22H,1-7H2. The molecule has 0 aromatic heterocycles. The van der Waals surface area contributed by atoms with Crippen molar-refractivity contribution in [3.05, 3.63) is 0 Å². The molecule has 1 fully saturated rings. The molecule has 0 aliphatic heterocycles. The smallest absolute Gasteiger partial charge is 0.390 e. The van der Waals surface area contributed by atoms with E-state index in [9.17, 15) is 31.4 Å². The van der Waals surface area contributed by atoms with Crippen LogP contribution < -0.4 is 0 Å². The van der Waals surface area contributed by atoms with Gasteiger partial charge in [0.1, 0.15) is 19.3 Å². The Bertz CT molecular complexity index is 441. The van der Waals surface area contributed by atoms with Crippen molar-refractivity contribution in [2.24, 2.45) is 0 Å². The minimum Gasteiger partial charge on any atom is -0.390 e. The van der Waals surface area contributed by atoms with Crippen LogP contribution in [0.25, 0.3) is 0 Å². The third-order valence-corrected chi connectivity index (χ3v) is 2.88. The molecule has 0 bridgehead atoms. The number of alkyl halides is 6. The summed E-state index contributed by atoms with van der Waals surface area (Å²) in [5.74, 6) is 0. The molecule has 27 heavy (non-hydrogen) atoms. The van der Waals surface area contributed by atoms with Crippen LogP contribution in [0.15, 0.2) is 0 Å². The van der Waals surface area contributed by atoms with E-state index in [1.54, 1.807) is 0 Å². The average molecular weight is 418 g/mol. The summed E-state index contributed by atoms with van der Waals surface area (Å²) in [5.41, 5.74) is 0. The zero-order chi connectivity index (χ0) is 20.7. The molecule has 1 aliphatic carbocycles. The molecule has 3 unspecified atom stereocenters. The highest BCUT2D eigenvalue weighted by Gasteiger charge is 2.52. The molecule has 14 heteroatoms. The minimum atomic E-state index is -5.38. The molecule has 0 radical (unpaired) electrons. The lowest BCUT2D eigenvalue weighted by molar-refractivity contribution is -0.517. The molecule has 0 amide bonds. The molecule has 0 spiro atoms. The zero-order valence-electron chi connectivity index (χ0n) is 13.8. The van der Waals surface area contributed by atoms with Crippen LogP contribution >= 0.6 is 0 Å². The predicted octanol–water partition coefficient (Wildman–Crippen LogP) is 0.292. The van der Waals surface area contributed by atoms with Crippen molar-refractivity contribution in [1.29, 1.82) is 0 Å². The van der Waals surface area contributed by atoms with Crippen LogP contribution in [0, 0.1) is 0 Å². The van der Waals surface area contributed by atoms with Crippen molar-refractivity contribution in [2.45, 2.75) is 43.2 Å². The summed E-state index contributed by atoms with van der Waals surface area (Å²) in [7, 11) is 0. The number of aliphatic hydroxyl groups is 3. The Morgan fingerprint density at radius 2 is 1.48 bits per heavy atom. The Hall–Kier alpha value is -0.740. The number of ether oxygens (including phenoxy) is 5. The molecule has 3 atom stereocenters. The first kappa shape index (κ1) is 24.3. The molecule has 162 valence electrons. The van der Waals surface area contributed by atoms with Crippen LogP contribution in [0.5, 0.6) is 0 Å². The van der Waals surface area contributed by atoms with Crippen LogP contribution in [0.3, 0.4) is 0 Å². The highest BCUT2D eigenvalue weighted by molar-refractivity contribution is 4.87. The fraction of sp³-hybridized carbons (Fsp3) is 1.00. The highest BCUT2D eigenvalue weighted by Crippen LogP contribution is 2.33. The third-order valence-electron chi connectivity index (χ3n) is 2.88. The molecule has 0 saturated heterocycles. The van der Waals surface area contributed by atoms with E-state index >= 15 is 0 Å². The normalized spacial score (nSPS) is 22.1. The Kier molecular flexibility index (Phi) is 9.14. The molecule has 0 heterocycles. The van der Waals surface area contributed by atoms with Gasteiger partial charge in [-0.05, 0) is 0 Å². The minimum absolute atomic E-state index is 0.109. The number of halogens is 6. The van der Waals surface area contributed by atoms with Crippen LogP contribution in [0.4, 0.5) is 26.3 Å². The van der Waals surface area contributed by atoms with E-state index in [0.717, 1.165) is 0 Å². The van der Waals surface area contributed by atoms with Crippen LogP contribution in [-0.4, -0.2) is 91.8 Å². The van der Waals surface area contributed by atoms with Crippen molar-refractivity contribution in [1.82, 2.24) is 0 Å². The lowest BCUT2D eigenvalue weighted by Gasteiger charge is -2.25. The molecule has 0 aromatic rings. The van der Waals surface area contributed by atoms with Gasteiger partial charge in [-0.2, -0.15) is 17.6 Å². The Labute approximate surface area is 149 Å². The summed E-state index contributed by atoms with van der Waals surface area (Å²) in [5, 5.41) is 26.5. The average Bonchev–Trinajstić information content (AvgIpc) is 3.22. The van der Waals surface area contributed by atoms with Gasteiger partial charge in [-0.15, -0.1) is 8.78 Å². The van der Waals surface area contributed by atoms with Crippen LogP contribution in [0.1, 0.15) is 6.42 Å². The van der Waals surface area contributed by atoms with Gasteiger partial charge in [0, 0.05) is 6.42 Å². The second kappa shape index (κ2) is 10.2. The van der Waals surface area contributed by atoms with Crippen molar-refractivity contribution in [3.8, 4) is 0 Å². The van der Waals surface area contributed by atoms with E-state index < -0.39 is 50.5 Å². The lowest BCUT2D eigenvalue weighted by Crippen LogP contribution is -2.43. The largest absolute Gasteiger partial charge is 0.495 e. The first-order chi connectivity index (χ1) is 12.4. The summed E-state index contributed by atoms with van der Waals surface area (Å²) in [4.78, 5) is 0. The first-order valence-electron chi connectivity index (χ1n) is 7.64. The monoisotopic (exact) mass is 418 g/mol. The van der Waals surface area contributed by atoms with Gasteiger partial charge in [-0.1, -0.05) is 0 Å². The van der Waals surface area contributed by atoms with Crippen LogP contribution in [-0.2, 0) is 23.7 Å². The maximum atomic E-state index is 13.1. The van der Waals surface area contributed by atoms with Gasteiger partial charge in [-0.25, -0.2) is 9.47 Å². The summed E-state index contributed by atoms with van der Waals surface area (Å²) in [6, 6.07) is 0. The van der Waals surface area contributed by atoms with E-state index in [2.05, 4.69) is 14.2 Å². The number of rotatable bonds is 15. The van der Waals surface area contributed by atoms with Gasteiger partial charge in [0.15, 0.2) is 0 Å². The van der Waals surface area contributed by atoms with Crippen molar-refractivity contribution < 1.29 is 65.3 Å². The lowest BCUT2D eigenvalue weighted by atomic mass is 10.4. The van der Waals surface area contributed by atoms with Crippen LogP contribution in [0.2, 0.25) is 0 Å². The molecule has 1 saturated carbocycles. The van der Waals surface area contributed by atoms with E-state index in [1.165, 1.54) is 0 Å². The number of hydrogen-bond acceptors (Lipinski definition) is 8. The quantitative estimate of drug-likeness (QED) is 0.198. The fourth-order valence-corrected chi connectivity index (χ4v) is 1.58. The van der Waals surface area contributed by atoms with Crippen molar-refractivity contribution in [3.63, 3.8) is 0 Å². The summed E-state index contributed by atoms with van der Waals surface area (Å²) < 4.78 is 96.6.